The van der Waals surface area contributed by atoms with Gasteiger partial charge in [-0.2, -0.15) is 0 Å². The first-order valence-electron chi connectivity index (χ1n) is 23.4. The summed E-state index contributed by atoms with van der Waals surface area (Å²) in [7, 11) is 1.09. The van der Waals surface area contributed by atoms with Crippen LogP contribution in [-0.4, -0.2) is 75.8 Å². The highest BCUT2D eigenvalue weighted by Crippen LogP contribution is 2.38. The van der Waals surface area contributed by atoms with E-state index < -0.39 is 32.5 Å². The molecule has 11 heteroatoms. The minimum Gasteiger partial charge on any atom is -0.756 e. The van der Waals surface area contributed by atoms with Crippen molar-refractivity contribution in [2.75, 3.05) is 47.5 Å². The van der Waals surface area contributed by atoms with Crippen LogP contribution in [0.5, 0.6) is 0 Å². The van der Waals surface area contributed by atoms with Gasteiger partial charge in [-0.15, -0.1) is 0 Å². The SMILES string of the molecule is CCCCCC/C=C\C/C=C\C/C=C\CCCCCCCCC(=O)OC[C@H](COP(=O)([O-])OCC[N+](C)(C)C)OC(=O)CCCCCCC/C=C\C=C\C(=O)CCCCC. The Balaban J connectivity index is 4.40. The average molecular weight is 864 g/mol. The smallest absolute Gasteiger partial charge is 0.306 e. The van der Waals surface area contributed by atoms with Crippen LogP contribution in [0.1, 0.15) is 181 Å². The first kappa shape index (κ1) is 57.4. The summed E-state index contributed by atoms with van der Waals surface area (Å²) in [6, 6.07) is 0. The Morgan fingerprint density at radius 3 is 1.63 bits per heavy atom. The first-order valence-corrected chi connectivity index (χ1v) is 24.9. The summed E-state index contributed by atoms with van der Waals surface area (Å²) in [6.07, 6.45) is 45.1. The molecule has 0 heterocycles. The van der Waals surface area contributed by atoms with Crippen LogP contribution in [0.25, 0.3) is 0 Å². The van der Waals surface area contributed by atoms with Crippen molar-refractivity contribution >= 4 is 25.5 Å². The Bertz CT molecular complexity index is 1270. The molecule has 0 saturated carbocycles. The lowest BCUT2D eigenvalue weighted by Crippen LogP contribution is -2.37. The van der Waals surface area contributed by atoms with Crippen molar-refractivity contribution in [2.24, 2.45) is 0 Å². The van der Waals surface area contributed by atoms with E-state index >= 15 is 0 Å². The summed E-state index contributed by atoms with van der Waals surface area (Å²) in [5, 5.41) is 0. The van der Waals surface area contributed by atoms with E-state index in [0.717, 1.165) is 103 Å². The highest BCUT2D eigenvalue weighted by molar-refractivity contribution is 7.45. The van der Waals surface area contributed by atoms with E-state index in [4.69, 9.17) is 18.5 Å². The van der Waals surface area contributed by atoms with Crippen LogP contribution in [0.15, 0.2) is 60.8 Å². The Hall–Kier alpha value is -2.62. The first-order chi connectivity index (χ1) is 28.9. The summed E-state index contributed by atoms with van der Waals surface area (Å²) in [4.78, 5) is 49.4. The van der Waals surface area contributed by atoms with Crippen molar-refractivity contribution in [2.45, 2.75) is 187 Å². The number of hydrogen-bond donors (Lipinski definition) is 0. The maximum atomic E-state index is 12.7. The molecule has 0 aromatic carbocycles. The highest BCUT2D eigenvalue weighted by Gasteiger charge is 2.21. The van der Waals surface area contributed by atoms with Gasteiger partial charge in [0.05, 0.1) is 27.7 Å². The molecule has 0 aliphatic rings. The van der Waals surface area contributed by atoms with Crippen molar-refractivity contribution in [3.8, 4) is 0 Å². The molecule has 0 radical (unpaired) electrons. The van der Waals surface area contributed by atoms with Crippen LogP contribution >= 0.6 is 7.82 Å². The summed E-state index contributed by atoms with van der Waals surface area (Å²) in [5.74, 6) is -0.742. The Kier molecular flexibility index (Phi) is 38.7. The number of rotatable bonds is 42. The molecule has 0 bridgehead atoms. The number of esters is 2. The molecule has 346 valence electrons. The van der Waals surface area contributed by atoms with E-state index in [0.29, 0.717) is 30.3 Å². The summed E-state index contributed by atoms with van der Waals surface area (Å²) in [6.45, 7) is 3.98. The van der Waals surface area contributed by atoms with Crippen molar-refractivity contribution in [3.63, 3.8) is 0 Å². The Labute approximate surface area is 366 Å². The van der Waals surface area contributed by atoms with Gasteiger partial charge in [0, 0.05) is 19.3 Å². The van der Waals surface area contributed by atoms with Gasteiger partial charge in [0.2, 0.25) is 0 Å². The van der Waals surface area contributed by atoms with Gasteiger partial charge in [-0.05, 0) is 76.7 Å². The number of ketones is 1. The van der Waals surface area contributed by atoms with Crippen LogP contribution in [-0.2, 0) is 37.5 Å². The van der Waals surface area contributed by atoms with Crippen LogP contribution < -0.4 is 4.89 Å². The third-order valence-electron chi connectivity index (χ3n) is 9.74. The number of carbonyl (C=O) groups excluding carboxylic acids is 3. The molecule has 0 amide bonds. The second-order valence-corrected chi connectivity index (χ2v) is 18.2. The van der Waals surface area contributed by atoms with Crippen LogP contribution in [0.4, 0.5) is 0 Å². The molecule has 0 fully saturated rings. The number of carbonyl (C=O) groups is 3. The van der Waals surface area contributed by atoms with Crippen molar-refractivity contribution < 1.29 is 46.8 Å². The molecule has 0 aliphatic heterocycles. The van der Waals surface area contributed by atoms with Gasteiger partial charge in [0.1, 0.15) is 19.8 Å². The molecule has 2 atom stereocenters. The zero-order chi connectivity index (χ0) is 44.4. The van der Waals surface area contributed by atoms with Gasteiger partial charge < -0.3 is 27.9 Å². The third kappa shape index (κ3) is 43.5. The molecule has 10 nitrogen and oxygen atoms in total. The van der Waals surface area contributed by atoms with Crippen LogP contribution in [0, 0.1) is 0 Å². The fourth-order valence-electron chi connectivity index (χ4n) is 5.99. The number of phosphoric acid groups is 1. The fourth-order valence-corrected chi connectivity index (χ4v) is 6.72. The largest absolute Gasteiger partial charge is 0.756 e. The lowest BCUT2D eigenvalue weighted by atomic mass is 10.1. The van der Waals surface area contributed by atoms with Crippen molar-refractivity contribution in [1.29, 1.82) is 0 Å². The number of unbranched alkanes of at least 4 members (excludes halogenated alkanes) is 17. The molecule has 1 unspecified atom stereocenters. The lowest BCUT2D eigenvalue weighted by molar-refractivity contribution is -0.870. The summed E-state index contributed by atoms with van der Waals surface area (Å²) >= 11 is 0. The maximum Gasteiger partial charge on any atom is 0.306 e. The molecule has 0 saturated heterocycles. The van der Waals surface area contributed by atoms with E-state index in [1.807, 2.05) is 33.3 Å². The summed E-state index contributed by atoms with van der Waals surface area (Å²) < 4.78 is 33.9. The van der Waals surface area contributed by atoms with E-state index in [2.05, 4.69) is 56.4 Å². The molecule has 0 N–H and O–H groups in total. The zero-order valence-corrected chi connectivity index (χ0v) is 39.5. The monoisotopic (exact) mass is 864 g/mol. The zero-order valence-electron chi connectivity index (χ0n) is 38.6. The standard InChI is InChI=1S/C49H86NO9P/c1-6-8-10-11-12-13-14-15-16-17-18-19-20-21-22-23-26-29-32-36-40-48(52)56-44-47(45-58-60(54,55)57-43-42-50(3,4)5)59-49(53)41-37-33-30-27-24-25-28-31-35-39-46(51)38-34-9-7-2/h13-14,16-17,19-20,28,31,35,39,47H,6-12,15,18,21-27,29-30,32-34,36-38,40-45H2,1-5H3/b14-13-,17-16-,20-19-,31-28-,39-35+/t47-/m1/s1. The number of quaternary nitrogens is 1. The second-order valence-electron chi connectivity index (χ2n) is 16.8. The van der Waals surface area contributed by atoms with E-state index in [1.165, 1.54) is 32.1 Å². The number of phosphoric ester groups is 1. The number of ether oxygens (including phenoxy) is 2. The van der Waals surface area contributed by atoms with E-state index in [1.54, 1.807) is 6.08 Å². The molecule has 0 aliphatic carbocycles. The van der Waals surface area contributed by atoms with Crippen molar-refractivity contribution in [1.82, 2.24) is 0 Å². The van der Waals surface area contributed by atoms with Crippen LogP contribution in [0.3, 0.4) is 0 Å². The molecule has 60 heavy (non-hydrogen) atoms. The molecule has 0 rings (SSSR count). The number of hydrogen-bond acceptors (Lipinski definition) is 9. The van der Waals surface area contributed by atoms with Gasteiger partial charge in [0.15, 0.2) is 11.9 Å². The van der Waals surface area contributed by atoms with Crippen LogP contribution in [0.2, 0.25) is 0 Å². The summed E-state index contributed by atoms with van der Waals surface area (Å²) in [5.41, 5.74) is 0. The molecule has 0 aromatic rings. The quantitative estimate of drug-likeness (QED) is 0.0112. The van der Waals surface area contributed by atoms with Gasteiger partial charge in [-0.3, -0.25) is 18.9 Å². The number of likely N-dealkylation sites (N-methyl/N-ethyl adjacent to an activating group) is 1. The minimum atomic E-state index is -4.65. The van der Waals surface area contributed by atoms with E-state index in [-0.39, 0.29) is 31.8 Å². The second kappa shape index (κ2) is 40.5. The highest BCUT2D eigenvalue weighted by atomic mass is 31.2. The number of allylic oxidation sites excluding steroid dienone is 10. The minimum absolute atomic E-state index is 0.0517. The molecular weight excluding hydrogens is 778 g/mol. The topological polar surface area (TPSA) is 128 Å². The lowest BCUT2D eigenvalue weighted by Gasteiger charge is -2.28. The average Bonchev–Trinajstić information content (AvgIpc) is 3.19. The van der Waals surface area contributed by atoms with Gasteiger partial charge in [0.25, 0.3) is 7.82 Å². The van der Waals surface area contributed by atoms with Gasteiger partial charge in [-0.1, -0.05) is 146 Å². The maximum absolute atomic E-state index is 12.7. The fraction of sp³-hybridized carbons (Fsp3) is 0.735. The normalized spacial score (nSPS) is 14.0. The van der Waals surface area contributed by atoms with Gasteiger partial charge >= 0.3 is 11.9 Å². The Morgan fingerprint density at radius 2 is 1.05 bits per heavy atom. The number of nitrogens with zero attached hydrogens (tertiary/aromatic N) is 1. The predicted molar refractivity (Wildman–Crippen MR) is 245 cm³/mol. The van der Waals surface area contributed by atoms with Crippen molar-refractivity contribution in [3.05, 3.63) is 60.8 Å². The third-order valence-corrected chi connectivity index (χ3v) is 10.7. The van der Waals surface area contributed by atoms with E-state index in [9.17, 15) is 23.8 Å². The predicted octanol–water partition coefficient (Wildman–Crippen LogP) is 12.2. The molecular formula is C49H86NO9P. The molecule has 0 aromatic heterocycles. The Morgan fingerprint density at radius 1 is 0.567 bits per heavy atom. The van der Waals surface area contributed by atoms with Gasteiger partial charge in [-0.25, -0.2) is 0 Å². The molecule has 0 spiro atoms.